The van der Waals surface area contributed by atoms with Crippen LogP contribution in [-0.2, 0) is 0 Å². The normalized spacial score (nSPS) is 10.7. The number of nitrogens with one attached hydrogen (secondary N) is 3. The van der Waals surface area contributed by atoms with E-state index in [0.717, 1.165) is 19.3 Å². The molecule has 134 valence electrons. The molecule has 3 N–H and O–H groups in total. The van der Waals surface area contributed by atoms with Gasteiger partial charge in [0, 0.05) is 11.3 Å². The Bertz CT molecular complexity index is 544. The molecule has 0 atom stereocenters. The second kappa shape index (κ2) is 13.7. The molecular formula is C18H24F2LiN3O-2. The van der Waals surface area contributed by atoms with Crippen molar-refractivity contribution in [3.63, 3.8) is 0 Å². The van der Waals surface area contributed by atoms with E-state index in [1.54, 1.807) is 19.1 Å². The zero-order valence-corrected chi connectivity index (χ0v) is 15.1. The van der Waals surface area contributed by atoms with Crippen molar-refractivity contribution in [1.29, 1.82) is 5.41 Å². The minimum Gasteiger partial charge on any atom is -0.434 e. The molecule has 0 amide bonds. The van der Waals surface area contributed by atoms with Crippen molar-refractivity contribution in [2.45, 2.75) is 20.0 Å². The van der Waals surface area contributed by atoms with Crippen molar-refractivity contribution in [2.75, 3.05) is 18.4 Å². The molecule has 1 aromatic carbocycles. The fourth-order valence-electron chi connectivity index (χ4n) is 1.33. The molecule has 1 rings (SSSR count). The van der Waals surface area contributed by atoms with Crippen LogP contribution < -0.4 is 34.2 Å². The molecule has 0 aliphatic rings. The van der Waals surface area contributed by atoms with Gasteiger partial charge in [-0.3, -0.25) is 0 Å². The molecule has 0 saturated heterocycles. The molecule has 25 heavy (non-hydrogen) atoms. The van der Waals surface area contributed by atoms with Crippen LogP contribution in [0.5, 0.6) is 5.75 Å². The average molecular weight is 343 g/mol. The molecule has 0 aliphatic carbocycles. The summed E-state index contributed by atoms with van der Waals surface area (Å²) in [6.07, 6.45) is 0.305. The molecular weight excluding hydrogens is 319 g/mol. The first-order valence-corrected chi connectivity index (χ1v) is 7.25. The number of allylic oxidation sites excluding steroid dienone is 2. The fourth-order valence-corrected chi connectivity index (χ4v) is 1.33. The van der Waals surface area contributed by atoms with Crippen molar-refractivity contribution < 1.29 is 32.4 Å². The Morgan fingerprint density at radius 3 is 2.16 bits per heavy atom. The maximum atomic E-state index is 13.3. The molecule has 0 bridgehead atoms. The maximum Gasteiger partial charge on any atom is 1.00 e. The van der Waals surface area contributed by atoms with Gasteiger partial charge in [-0.25, -0.2) is 0 Å². The summed E-state index contributed by atoms with van der Waals surface area (Å²) < 4.78 is 31.1. The average Bonchev–Trinajstić information content (AvgIpc) is 2.50. The predicted molar refractivity (Wildman–Crippen MR) is 95.3 cm³/mol. The zero-order valence-electron chi connectivity index (χ0n) is 15.1. The second-order valence-electron chi connectivity index (χ2n) is 4.71. The number of halogens is 2. The van der Waals surface area contributed by atoms with E-state index in [1.165, 1.54) is 19.1 Å². The molecule has 7 heteroatoms. The SMILES string of the molecule is C=C(C)C(F)(F)Oc1ccc(NC(C)=[C-]C=N)cc1.[CH2-]CNC[CH2-].[Li+]. The first-order valence-electron chi connectivity index (χ1n) is 7.25. The number of anilines is 1. The van der Waals surface area contributed by atoms with Crippen LogP contribution >= 0.6 is 0 Å². The van der Waals surface area contributed by atoms with E-state index in [4.69, 9.17) is 5.41 Å². The maximum absolute atomic E-state index is 13.3. The Balaban J connectivity index is 0. The van der Waals surface area contributed by atoms with Crippen LogP contribution in [-0.4, -0.2) is 25.4 Å². The predicted octanol–water partition coefficient (Wildman–Crippen LogP) is 1.25. The molecule has 0 saturated carbocycles. The summed E-state index contributed by atoms with van der Waals surface area (Å²) in [5.41, 5.74) is 0.989. The molecule has 0 unspecified atom stereocenters. The van der Waals surface area contributed by atoms with E-state index in [1.807, 2.05) is 0 Å². The minimum atomic E-state index is -3.38. The van der Waals surface area contributed by atoms with Gasteiger partial charge in [0.2, 0.25) is 0 Å². The molecule has 0 aliphatic heterocycles. The third-order valence-corrected chi connectivity index (χ3v) is 2.57. The summed E-state index contributed by atoms with van der Waals surface area (Å²) in [5.74, 6) is 0.0521. The third-order valence-electron chi connectivity index (χ3n) is 2.57. The van der Waals surface area contributed by atoms with E-state index >= 15 is 0 Å². The Kier molecular flexibility index (Phi) is 14.0. The summed E-state index contributed by atoms with van der Waals surface area (Å²) in [7, 11) is 0. The number of hydrogen-bond acceptors (Lipinski definition) is 4. The van der Waals surface area contributed by atoms with Crippen LogP contribution in [0.25, 0.3) is 0 Å². The van der Waals surface area contributed by atoms with E-state index in [-0.39, 0.29) is 30.2 Å². The van der Waals surface area contributed by atoms with Gasteiger partial charge in [-0.2, -0.15) is 20.7 Å². The zero-order chi connectivity index (χ0) is 18.6. The molecule has 1 aromatic rings. The van der Waals surface area contributed by atoms with Gasteiger partial charge in [-0.1, -0.05) is 13.5 Å². The van der Waals surface area contributed by atoms with Gasteiger partial charge < -0.3 is 40.7 Å². The van der Waals surface area contributed by atoms with Crippen molar-refractivity contribution >= 4 is 11.9 Å². The van der Waals surface area contributed by atoms with Gasteiger partial charge in [0.1, 0.15) is 5.75 Å². The Labute approximate surface area is 161 Å². The van der Waals surface area contributed by atoms with Crippen LogP contribution in [0.15, 0.2) is 42.1 Å². The van der Waals surface area contributed by atoms with Crippen LogP contribution in [0.2, 0.25) is 0 Å². The summed E-state index contributed by atoms with van der Waals surface area (Å²) in [6, 6.07) is 6.05. The summed E-state index contributed by atoms with van der Waals surface area (Å²) in [5, 5.41) is 12.7. The van der Waals surface area contributed by atoms with Crippen LogP contribution in [0, 0.1) is 25.3 Å². The monoisotopic (exact) mass is 343 g/mol. The summed E-state index contributed by atoms with van der Waals surface area (Å²) in [6.45, 7) is 14.7. The van der Waals surface area contributed by atoms with Gasteiger partial charge in [0.25, 0.3) is 0 Å². The van der Waals surface area contributed by atoms with Gasteiger partial charge in [-0.05, 0) is 31.2 Å². The quantitative estimate of drug-likeness (QED) is 0.288. The molecule has 0 heterocycles. The standard InChI is InChI=1S/C14H15F2N2O.C4H9N.Li/c1-10(2)14(15,16)19-13-6-4-12(5-7-13)18-11(3)8-9-17;1-3-5-4-2;/h4-7,9,17-18H,1H2,2-3H3;5H,1-4H2;/q-1;-2;+1. The Morgan fingerprint density at radius 1 is 1.28 bits per heavy atom. The second-order valence-corrected chi connectivity index (χ2v) is 4.71. The number of alkyl halides is 2. The molecule has 4 nitrogen and oxygen atoms in total. The number of hydrogen-bond donors (Lipinski definition) is 3. The van der Waals surface area contributed by atoms with E-state index in [0.29, 0.717) is 11.4 Å². The van der Waals surface area contributed by atoms with Crippen LogP contribution in [0.3, 0.4) is 0 Å². The van der Waals surface area contributed by atoms with Gasteiger partial charge in [-0.15, -0.1) is 13.1 Å². The smallest absolute Gasteiger partial charge is 0.434 e. The van der Waals surface area contributed by atoms with Gasteiger partial charge in [0.15, 0.2) is 0 Å². The Hall–Kier alpha value is -1.61. The van der Waals surface area contributed by atoms with Crippen LogP contribution in [0.4, 0.5) is 14.5 Å². The van der Waals surface area contributed by atoms with Gasteiger partial charge >= 0.3 is 25.0 Å². The van der Waals surface area contributed by atoms with Gasteiger partial charge in [0.05, 0.1) is 0 Å². The minimum absolute atomic E-state index is 0. The van der Waals surface area contributed by atoms with Crippen LogP contribution in [0.1, 0.15) is 13.8 Å². The van der Waals surface area contributed by atoms with Crippen molar-refractivity contribution in [3.8, 4) is 5.75 Å². The van der Waals surface area contributed by atoms with E-state index in [9.17, 15) is 8.78 Å². The first kappa shape index (κ1) is 25.6. The topological polar surface area (TPSA) is 57.1 Å². The van der Waals surface area contributed by atoms with Crippen molar-refractivity contribution in [1.82, 2.24) is 5.32 Å². The largest absolute Gasteiger partial charge is 1.00 e. The molecule has 0 spiro atoms. The fraction of sp³-hybridized carbons (Fsp3) is 0.278. The molecule has 0 fully saturated rings. The number of rotatable bonds is 8. The van der Waals surface area contributed by atoms with Crippen molar-refractivity contribution in [2.24, 2.45) is 0 Å². The molecule has 0 aromatic heterocycles. The number of ether oxygens (including phenoxy) is 1. The summed E-state index contributed by atoms with van der Waals surface area (Å²) >= 11 is 0. The van der Waals surface area contributed by atoms with Crippen molar-refractivity contribution in [3.05, 3.63) is 62.0 Å². The summed E-state index contributed by atoms with van der Waals surface area (Å²) in [4.78, 5) is 0. The van der Waals surface area contributed by atoms with E-state index < -0.39 is 6.11 Å². The third kappa shape index (κ3) is 11.5. The molecule has 0 radical (unpaired) electrons. The number of benzene rings is 1. The Morgan fingerprint density at radius 2 is 1.80 bits per heavy atom. The van der Waals surface area contributed by atoms with E-state index in [2.05, 4.69) is 41.9 Å². The first-order chi connectivity index (χ1) is 11.3.